The highest BCUT2D eigenvalue weighted by atomic mass is 16.1. The average molecular weight is 305 g/mol. The van der Waals surface area contributed by atoms with E-state index in [0.717, 1.165) is 26.1 Å². The van der Waals surface area contributed by atoms with Gasteiger partial charge in [-0.1, -0.05) is 24.3 Å². The van der Waals surface area contributed by atoms with E-state index in [9.17, 15) is 4.79 Å². The van der Waals surface area contributed by atoms with Crippen LogP contribution < -0.4 is 5.32 Å². The van der Waals surface area contributed by atoms with Crippen LogP contribution in [0.25, 0.3) is 0 Å². The van der Waals surface area contributed by atoms with E-state index in [1.165, 1.54) is 11.1 Å². The van der Waals surface area contributed by atoms with Gasteiger partial charge in [0.2, 0.25) is 0 Å². The minimum atomic E-state index is -0.0908. The van der Waals surface area contributed by atoms with Crippen molar-refractivity contribution < 1.29 is 4.79 Å². The summed E-state index contributed by atoms with van der Waals surface area (Å²) in [6, 6.07) is 17.3. The third-order valence-electron chi connectivity index (χ3n) is 4.20. The molecule has 0 fully saturated rings. The Kier molecular flexibility index (Phi) is 4.70. The van der Waals surface area contributed by atoms with Gasteiger partial charge in [-0.25, -0.2) is 0 Å². The molecule has 1 N–H and O–H groups in total. The molecule has 4 nitrogen and oxygen atoms in total. The molecular weight excluding hydrogens is 286 g/mol. The number of hydrogen-bond donors (Lipinski definition) is 1. The third-order valence-corrected chi connectivity index (χ3v) is 4.20. The van der Waals surface area contributed by atoms with Crippen LogP contribution >= 0.6 is 0 Å². The molecule has 1 heterocycles. The topological polar surface area (TPSA) is 56.1 Å². The molecule has 0 spiro atoms. The average Bonchev–Trinajstić information content (AvgIpc) is 2.61. The first-order chi connectivity index (χ1) is 11.3. The zero-order valence-electron chi connectivity index (χ0n) is 13.0. The molecule has 116 valence electrons. The number of benzene rings is 2. The maximum Gasteiger partial charge on any atom is 0.251 e. The molecule has 0 bridgehead atoms. The molecular formula is C19H19N3O. The molecule has 0 radical (unpaired) electrons. The Morgan fingerprint density at radius 3 is 2.61 bits per heavy atom. The highest BCUT2D eigenvalue weighted by Gasteiger charge is 2.15. The number of nitriles is 1. The number of rotatable bonds is 4. The smallest absolute Gasteiger partial charge is 0.251 e. The van der Waals surface area contributed by atoms with E-state index >= 15 is 0 Å². The Hall–Kier alpha value is -2.64. The van der Waals surface area contributed by atoms with Crippen molar-refractivity contribution in [3.05, 3.63) is 70.8 Å². The van der Waals surface area contributed by atoms with Gasteiger partial charge in [0.15, 0.2) is 0 Å². The second-order valence-corrected chi connectivity index (χ2v) is 5.74. The SMILES string of the molecule is N#Cc1ccc(C(=O)NCCN2CCc3ccccc3C2)cc1. The number of carbonyl (C=O) groups excluding carboxylic acids is 1. The van der Waals surface area contributed by atoms with Gasteiger partial charge in [-0.05, 0) is 41.8 Å². The molecule has 23 heavy (non-hydrogen) atoms. The van der Waals surface area contributed by atoms with Crippen molar-refractivity contribution in [2.24, 2.45) is 0 Å². The third kappa shape index (κ3) is 3.77. The Bertz CT molecular complexity index is 731. The summed E-state index contributed by atoms with van der Waals surface area (Å²) in [4.78, 5) is 14.4. The minimum Gasteiger partial charge on any atom is -0.351 e. The van der Waals surface area contributed by atoms with E-state index in [-0.39, 0.29) is 5.91 Å². The lowest BCUT2D eigenvalue weighted by molar-refractivity contribution is 0.0947. The van der Waals surface area contributed by atoms with Gasteiger partial charge in [-0.2, -0.15) is 5.26 Å². The summed E-state index contributed by atoms with van der Waals surface area (Å²) < 4.78 is 0. The number of hydrogen-bond acceptors (Lipinski definition) is 3. The molecule has 0 aromatic heterocycles. The molecule has 0 saturated carbocycles. The second kappa shape index (κ2) is 7.08. The molecule has 2 aromatic rings. The Balaban J connectivity index is 1.48. The first-order valence-electron chi connectivity index (χ1n) is 7.84. The molecule has 0 atom stereocenters. The van der Waals surface area contributed by atoms with Crippen molar-refractivity contribution in [3.8, 4) is 6.07 Å². The van der Waals surface area contributed by atoms with Gasteiger partial charge in [0, 0.05) is 31.7 Å². The molecule has 4 heteroatoms. The van der Waals surface area contributed by atoms with Crippen molar-refractivity contribution in [3.63, 3.8) is 0 Å². The monoisotopic (exact) mass is 305 g/mol. The fourth-order valence-corrected chi connectivity index (χ4v) is 2.87. The summed E-state index contributed by atoms with van der Waals surface area (Å²) in [6.07, 6.45) is 1.07. The summed E-state index contributed by atoms with van der Waals surface area (Å²) in [6.45, 7) is 3.45. The molecule has 1 aliphatic heterocycles. The number of carbonyl (C=O) groups is 1. The molecule has 1 aliphatic rings. The van der Waals surface area contributed by atoms with Gasteiger partial charge in [0.1, 0.15) is 0 Å². The van der Waals surface area contributed by atoms with E-state index < -0.39 is 0 Å². The van der Waals surface area contributed by atoms with Gasteiger partial charge in [-0.3, -0.25) is 9.69 Å². The number of amides is 1. The van der Waals surface area contributed by atoms with E-state index in [1.807, 2.05) is 6.07 Å². The minimum absolute atomic E-state index is 0.0908. The Labute approximate surface area is 136 Å². The maximum atomic E-state index is 12.1. The second-order valence-electron chi connectivity index (χ2n) is 5.74. The van der Waals surface area contributed by atoms with Gasteiger partial charge >= 0.3 is 0 Å². The summed E-state index contributed by atoms with van der Waals surface area (Å²) in [5.74, 6) is -0.0908. The highest BCUT2D eigenvalue weighted by molar-refractivity contribution is 5.94. The summed E-state index contributed by atoms with van der Waals surface area (Å²) in [5, 5.41) is 11.7. The van der Waals surface area contributed by atoms with Crippen LogP contribution in [0.2, 0.25) is 0 Å². The normalized spacial score (nSPS) is 13.9. The largest absolute Gasteiger partial charge is 0.351 e. The first kappa shape index (κ1) is 15.3. The van der Waals surface area contributed by atoms with Gasteiger partial charge in [0.05, 0.1) is 11.6 Å². The van der Waals surface area contributed by atoms with Crippen LogP contribution in [0.15, 0.2) is 48.5 Å². The number of nitrogens with one attached hydrogen (secondary N) is 1. The number of nitrogens with zero attached hydrogens (tertiary/aromatic N) is 2. The van der Waals surface area contributed by atoms with Crippen LogP contribution in [0.4, 0.5) is 0 Å². The van der Waals surface area contributed by atoms with Gasteiger partial charge < -0.3 is 5.32 Å². The van der Waals surface area contributed by atoms with Crippen LogP contribution in [0.5, 0.6) is 0 Å². The van der Waals surface area contributed by atoms with E-state index in [1.54, 1.807) is 24.3 Å². The molecule has 3 rings (SSSR count). The van der Waals surface area contributed by atoms with E-state index in [2.05, 4.69) is 34.5 Å². The molecule has 0 saturated heterocycles. The van der Waals surface area contributed by atoms with E-state index in [0.29, 0.717) is 17.7 Å². The quantitative estimate of drug-likeness (QED) is 0.943. The predicted molar refractivity (Wildman–Crippen MR) is 88.9 cm³/mol. The van der Waals surface area contributed by atoms with Gasteiger partial charge in [0.25, 0.3) is 5.91 Å². The molecule has 0 aliphatic carbocycles. The number of fused-ring (bicyclic) bond motifs is 1. The van der Waals surface area contributed by atoms with Crippen LogP contribution in [-0.4, -0.2) is 30.4 Å². The van der Waals surface area contributed by atoms with Crippen molar-refractivity contribution in [2.75, 3.05) is 19.6 Å². The molecule has 0 unspecified atom stereocenters. The van der Waals surface area contributed by atoms with Crippen LogP contribution in [0.3, 0.4) is 0 Å². The summed E-state index contributed by atoms with van der Waals surface area (Å²) in [5.41, 5.74) is 3.98. The Morgan fingerprint density at radius 2 is 1.87 bits per heavy atom. The standard InChI is InChI=1S/C19H19N3O/c20-13-15-5-7-17(8-6-15)19(23)21-10-12-22-11-9-16-3-1-2-4-18(16)14-22/h1-8H,9-12,14H2,(H,21,23). The molecule has 1 amide bonds. The molecule has 2 aromatic carbocycles. The van der Waals surface area contributed by atoms with Crippen molar-refractivity contribution in [2.45, 2.75) is 13.0 Å². The zero-order valence-corrected chi connectivity index (χ0v) is 13.0. The fourth-order valence-electron chi connectivity index (χ4n) is 2.87. The summed E-state index contributed by atoms with van der Waals surface area (Å²) in [7, 11) is 0. The van der Waals surface area contributed by atoms with Crippen molar-refractivity contribution >= 4 is 5.91 Å². The van der Waals surface area contributed by atoms with Crippen molar-refractivity contribution in [1.82, 2.24) is 10.2 Å². The lowest BCUT2D eigenvalue weighted by atomic mass is 10.00. The van der Waals surface area contributed by atoms with Crippen LogP contribution in [0.1, 0.15) is 27.0 Å². The summed E-state index contributed by atoms with van der Waals surface area (Å²) >= 11 is 0. The predicted octanol–water partition coefficient (Wildman–Crippen LogP) is 2.35. The lowest BCUT2D eigenvalue weighted by Crippen LogP contribution is -2.37. The first-order valence-corrected chi connectivity index (χ1v) is 7.84. The van der Waals surface area contributed by atoms with E-state index in [4.69, 9.17) is 5.26 Å². The fraction of sp³-hybridized carbons (Fsp3) is 0.263. The van der Waals surface area contributed by atoms with Gasteiger partial charge in [-0.15, -0.1) is 0 Å². The zero-order chi connectivity index (χ0) is 16.1. The lowest BCUT2D eigenvalue weighted by Gasteiger charge is -2.28. The van der Waals surface area contributed by atoms with Crippen molar-refractivity contribution in [1.29, 1.82) is 5.26 Å². The maximum absolute atomic E-state index is 12.1. The van der Waals surface area contributed by atoms with Crippen LogP contribution in [0, 0.1) is 11.3 Å². The van der Waals surface area contributed by atoms with Crippen LogP contribution in [-0.2, 0) is 13.0 Å². The Morgan fingerprint density at radius 1 is 1.13 bits per heavy atom. The highest BCUT2D eigenvalue weighted by Crippen LogP contribution is 2.17.